The molecule has 1 aliphatic rings. The van der Waals surface area contributed by atoms with Crippen molar-refractivity contribution in [2.75, 3.05) is 0 Å². The van der Waals surface area contributed by atoms with Crippen LogP contribution in [0.2, 0.25) is 0 Å². The first-order valence-electron chi connectivity index (χ1n) is 6.08. The largest absolute Gasteiger partial charge is 0.408 e. The van der Waals surface area contributed by atoms with E-state index >= 15 is 0 Å². The van der Waals surface area contributed by atoms with Crippen LogP contribution in [0.4, 0.5) is 17.6 Å². The molecule has 0 aliphatic heterocycles. The van der Waals surface area contributed by atoms with Crippen molar-refractivity contribution in [1.82, 2.24) is 0 Å². The quantitative estimate of drug-likeness (QED) is 0.687. The summed E-state index contributed by atoms with van der Waals surface area (Å²) >= 11 is 0. The van der Waals surface area contributed by atoms with Crippen LogP contribution in [0, 0.1) is 0 Å². The fourth-order valence-corrected chi connectivity index (χ4v) is 2.59. The molecule has 0 bridgehead atoms. The number of alkyl halides is 3. The molecule has 2 aromatic carbocycles. The standard InChI is InChI=1S/C16H10F4/c17-14-13(11-7-3-1-4-8-11)15(14,16(18,19)20)12-9-5-2-6-10-12/h1-10H/t15-/m1/s1. The van der Waals surface area contributed by atoms with Crippen LogP contribution in [-0.2, 0) is 5.41 Å². The molecule has 0 unspecified atom stereocenters. The average molecular weight is 278 g/mol. The van der Waals surface area contributed by atoms with Crippen molar-refractivity contribution < 1.29 is 17.6 Å². The van der Waals surface area contributed by atoms with E-state index in [1.54, 1.807) is 24.3 Å². The van der Waals surface area contributed by atoms with Gasteiger partial charge in [0.15, 0.2) is 5.41 Å². The zero-order valence-corrected chi connectivity index (χ0v) is 10.3. The second-order valence-electron chi connectivity index (χ2n) is 4.67. The monoisotopic (exact) mass is 278 g/mol. The lowest BCUT2D eigenvalue weighted by atomic mass is 9.87. The van der Waals surface area contributed by atoms with Gasteiger partial charge in [0.25, 0.3) is 0 Å². The molecule has 0 radical (unpaired) electrons. The first-order chi connectivity index (χ1) is 9.49. The van der Waals surface area contributed by atoms with Gasteiger partial charge in [-0.25, -0.2) is 4.39 Å². The first kappa shape index (κ1) is 12.9. The van der Waals surface area contributed by atoms with Crippen molar-refractivity contribution in [3.8, 4) is 0 Å². The average Bonchev–Trinajstić information content (AvgIpc) is 3.08. The molecular weight excluding hydrogens is 268 g/mol. The van der Waals surface area contributed by atoms with Crippen molar-refractivity contribution >= 4 is 5.57 Å². The molecule has 0 fully saturated rings. The second kappa shape index (κ2) is 4.20. The van der Waals surface area contributed by atoms with Crippen molar-refractivity contribution in [3.05, 3.63) is 77.6 Å². The van der Waals surface area contributed by atoms with Crippen molar-refractivity contribution in [1.29, 1.82) is 0 Å². The smallest absolute Gasteiger partial charge is 0.210 e. The lowest BCUT2D eigenvalue weighted by Crippen LogP contribution is -2.33. The van der Waals surface area contributed by atoms with E-state index in [-0.39, 0.29) is 16.7 Å². The molecule has 2 aromatic rings. The molecular formula is C16H10F4. The minimum absolute atomic E-state index is 0.0798. The summed E-state index contributed by atoms with van der Waals surface area (Å²) in [7, 11) is 0. The molecule has 0 N–H and O–H groups in total. The van der Waals surface area contributed by atoms with Gasteiger partial charge >= 0.3 is 6.18 Å². The minimum atomic E-state index is -4.69. The van der Waals surface area contributed by atoms with E-state index in [1.165, 1.54) is 36.4 Å². The Bertz CT molecular complexity index is 656. The Morgan fingerprint density at radius 2 is 1.25 bits per heavy atom. The van der Waals surface area contributed by atoms with Gasteiger partial charge in [-0.15, -0.1) is 0 Å². The predicted octanol–water partition coefficient (Wildman–Crippen LogP) is 4.88. The number of halogens is 4. The molecule has 20 heavy (non-hydrogen) atoms. The molecule has 102 valence electrons. The number of allylic oxidation sites excluding steroid dienone is 2. The molecule has 3 rings (SSSR count). The molecule has 0 heterocycles. The minimum Gasteiger partial charge on any atom is -0.210 e. The van der Waals surface area contributed by atoms with Crippen LogP contribution in [0.25, 0.3) is 5.57 Å². The Labute approximate surface area is 113 Å². The summed E-state index contributed by atoms with van der Waals surface area (Å²) in [5.41, 5.74) is -2.66. The Morgan fingerprint density at radius 1 is 0.750 bits per heavy atom. The SMILES string of the molecule is FC1=C(c2ccccc2)[C@@]1(c1ccccc1)C(F)(F)F. The van der Waals surface area contributed by atoms with E-state index in [4.69, 9.17) is 0 Å². The van der Waals surface area contributed by atoms with E-state index in [0.717, 1.165) is 0 Å². The highest BCUT2D eigenvalue weighted by atomic mass is 19.4. The molecule has 0 nitrogen and oxygen atoms in total. The van der Waals surface area contributed by atoms with Crippen LogP contribution in [0.1, 0.15) is 11.1 Å². The summed E-state index contributed by atoms with van der Waals surface area (Å²) in [6.07, 6.45) is -4.69. The number of hydrogen-bond donors (Lipinski definition) is 0. The maximum Gasteiger partial charge on any atom is 0.408 e. The Balaban J connectivity index is 2.14. The summed E-state index contributed by atoms with van der Waals surface area (Å²) in [5, 5.41) is 0. The highest BCUT2D eigenvalue weighted by molar-refractivity contribution is 5.95. The molecule has 0 aromatic heterocycles. The maximum absolute atomic E-state index is 14.1. The fraction of sp³-hybridized carbons (Fsp3) is 0.125. The summed E-state index contributed by atoms with van der Waals surface area (Å²) in [5.74, 6) is -1.11. The van der Waals surface area contributed by atoms with Crippen LogP contribution in [-0.4, -0.2) is 6.18 Å². The second-order valence-corrected chi connectivity index (χ2v) is 4.67. The van der Waals surface area contributed by atoms with Gasteiger partial charge in [0.05, 0.1) is 0 Å². The van der Waals surface area contributed by atoms with Crippen molar-refractivity contribution in [2.24, 2.45) is 0 Å². The predicted molar refractivity (Wildman–Crippen MR) is 68.6 cm³/mol. The molecule has 0 saturated heterocycles. The van der Waals surface area contributed by atoms with Crippen LogP contribution in [0.3, 0.4) is 0 Å². The lowest BCUT2D eigenvalue weighted by Gasteiger charge is -2.22. The molecule has 1 aliphatic carbocycles. The van der Waals surface area contributed by atoms with E-state index in [9.17, 15) is 17.6 Å². The van der Waals surface area contributed by atoms with Crippen LogP contribution >= 0.6 is 0 Å². The van der Waals surface area contributed by atoms with Gasteiger partial charge in [-0.05, 0) is 11.1 Å². The van der Waals surface area contributed by atoms with E-state index in [1.807, 2.05) is 0 Å². The van der Waals surface area contributed by atoms with Gasteiger partial charge in [-0.3, -0.25) is 0 Å². The van der Waals surface area contributed by atoms with Crippen LogP contribution < -0.4 is 0 Å². The van der Waals surface area contributed by atoms with E-state index < -0.39 is 17.4 Å². The Kier molecular flexibility index (Phi) is 2.71. The van der Waals surface area contributed by atoms with E-state index in [0.29, 0.717) is 0 Å². The molecule has 0 amide bonds. The third-order valence-electron chi connectivity index (χ3n) is 3.56. The van der Waals surface area contributed by atoms with Gasteiger partial charge in [0, 0.05) is 5.57 Å². The number of benzene rings is 2. The Morgan fingerprint density at radius 3 is 1.75 bits per heavy atom. The first-order valence-corrected chi connectivity index (χ1v) is 6.08. The van der Waals surface area contributed by atoms with E-state index in [2.05, 4.69) is 0 Å². The van der Waals surface area contributed by atoms with Crippen molar-refractivity contribution in [2.45, 2.75) is 11.6 Å². The highest BCUT2D eigenvalue weighted by Gasteiger charge is 2.72. The summed E-state index contributed by atoms with van der Waals surface area (Å²) < 4.78 is 54.6. The van der Waals surface area contributed by atoms with Gasteiger partial charge in [0.1, 0.15) is 5.83 Å². The van der Waals surface area contributed by atoms with Crippen LogP contribution in [0.15, 0.2) is 66.5 Å². The zero-order chi connectivity index (χ0) is 14.4. The zero-order valence-electron chi connectivity index (χ0n) is 10.3. The fourth-order valence-electron chi connectivity index (χ4n) is 2.59. The number of hydrogen-bond acceptors (Lipinski definition) is 0. The third kappa shape index (κ3) is 1.60. The summed E-state index contributed by atoms with van der Waals surface area (Å²) in [4.78, 5) is 0. The van der Waals surface area contributed by atoms with Crippen molar-refractivity contribution in [3.63, 3.8) is 0 Å². The number of rotatable bonds is 2. The topological polar surface area (TPSA) is 0 Å². The molecule has 1 atom stereocenters. The van der Waals surface area contributed by atoms with Gasteiger partial charge in [0.2, 0.25) is 0 Å². The van der Waals surface area contributed by atoms with Gasteiger partial charge in [-0.1, -0.05) is 60.7 Å². The Hall–Kier alpha value is -2.10. The molecule has 0 saturated carbocycles. The molecule has 4 heteroatoms. The summed E-state index contributed by atoms with van der Waals surface area (Å²) in [6, 6.07) is 15.1. The van der Waals surface area contributed by atoms with Gasteiger partial charge < -0.3 is 0 Å². The normalized spacial score (nSPS) is 22.0. The molecule has 0 spiro atoms. The van der Waals surface area contributed by atoms with Gasteiger partial charge in [-0.2, -0.15) is 13.2 Å². The maximum atomic E-state index is 14.1. The summed E-state index contributed by atoms with van der Waals surface area (Å²) in [6.45, 7) is 0. The third-order valence-corrected chi connectivity index (χ3v) is 3.56. The van der Waals surface area contributed by atoms with Crippen LogP contribution in [0.5, 0.6) is 0 Å². The highest BCUT2D eigenvalue weighted by Crippen LogP contribution is 2.67. The lowest BCUT2D eigenvalue weighted by molar-refractivity contribution is -0.155.